The number of hydrogen-bond donors (Lipinski definition) is 3. The molecule has 1 saturated heterocycles. The highest BCUT2D eigenvalue weighted by Crippen LogP contribution is 2.28. The predicted molar refractivity (Wildman–Crippen MR) is 116 cm³/mol. The summed E-state index contributed by atoms with van der Waals surface area (Å²) in [5.74, 6) is 1.71. The van der Waals surface area contributed by atoms with Crippen molar-refractivity contribution in [3.05, 3.63) is 59.7 Å². The number of benzene rings is 2. The molecule has 0 spiro atoms. The molecule has 1 aliphatic rings. The van der Waals surface area contributed by atoms with E-state index in [0.717, 1.165) is 35.7 Å². The smallest absolute Gasteiger partial charge is 0.156 e. The molecule has 2 N–H and O–H groups in total. The molecular weight excluding hydrogens is 372 g/mol. The second-order valence-corrected chi connectivity index (χ2v) is 7.34. The average Bonchev–Trinajstić information content (AvgIpc) is 3.06. The minimum Gasteiger partial charge on any atom is -0.494 e. The van der Waals surface area contributed by atoms with E-state index in [1.54, 1.807) is 0 Å². The maximum absolute atomic E-state index is 5.81. The van der Waals surface area contributed by atoms with Gasteiger partial charge >= 0.3 is 0 Å². The third-order valence-corrected chi connectivity index (χ3v) is 4.47. The Hall–Kier alpha value is -2.22. The molecule has 28 heavy (non-hydrogen) atoms. The number of hydrazine groups is 1. The summed E-state index contributed by atoms with van der Waals surface area (Å²) in [6.07, 6.45) is 2.79. The average molecular weight is 401 g/mol. The van der Waals surface area contributed by atoms with Crippen LogP contribution in [0.15, 0.2) is 53.6 Å². The fourth-order valence-corrected chi connectivity index (χ4v) is 3.09. The molecule has 150 valence electrons. The van der Waals surface area contributed by atoms with Gasteiger partial charge in [0, 0.05) is 0 Å². The normalized spacial score (nSPS) is 19.5. The Balaban J connectivity index is 1.72. The monoisotopic (exact) mass is 400 g/mol. The molecule has 1 aliphatic heterocycles. The molecule has 0 unspecified atom stereocenters. The zero-order valence-electron chi connectivity index (χ0n) is 16.5. The van der Waals surface area contributed by atoms with Gasteiger partial charge in [-0.1, -0.05) is 19.1 Å². The van der Waals surface area contributed by atoms with Gasteiger partial charge in [0.15, 0.2) is 5.50 Å². The van der Waals surface area contributed by atoms with E-state index >= 15 is 0 Å². The van der Waals surface area contributed by atoms with E-state index in [1.165, 1.54) is 0 Å². The van der Waals surface area contributed by atoms with Gasteiger partial charge in [0.25, 0.3) is 0 Å². The van der Waals surface area contributed by atoms with E-state index < -0.39 is 0 Å². The fraction of sp³-hybridized carbons (Fsp3) is 0.381. The summed E-state index contributed by atoms with van der Waals surface area (Å²) in [6.45, 7) is 6.84. The Kier molecular flexibility index (Phi) is 7.19. The van der Waals surface area contributed by atoms with Crippen LogP contribution in [0.4, 0.5) is 0 Å². The van der Waals surface area contributed by atoms with Crippen molar-refractivity contribution in [1.82, 2.24) is 15.9 Å². The summed E-state index contributed by atoms with van der Waals surface area (Å²) in [7, 11) is 0. The Morgan fingerprint density at radius 3 is 2.64 bits per heavy atom. The lowest BCUT2D eigenvalue weighted by Crippen LogP contribution is -2.28. The molecule has 2 aromatic rings. The SMILES string of the molecule is CCCOc1ccc(/C=N\N2[C@@H](c3cccc(OC(C)C)c3)NN[C@@H]2S)cc1. The number of thiol groups is 1. The van der Waals surface area contributed by atoms with Crippen LogP contribution in [0.2, 0.25) is 0 Å². The Morgan fingerprint density at radius 2 is 1.93 bits per heavy atom. The van der Waals surface area contributed by atoms with Crippen molar-refractivity contribution in [1.29, 1.82) is 0 Å². The Labute approximate surface area is 172 Å². The molecule has 0 aromatic heterocycles. The summed E-state index contributed by atoms with van der Waals surface area (Å²) < 4.78 is 11.4. The van der Waals surface area contributed by atoms with Crippen molar-refractivity contribution < 1.29 is 9.47 Å². The van der Waals surface area contributed by atoms with Crippen LogP contribution in [0, 0.1) is 0 Å². The van der Waals surface area contributed by atoms with Crippen LogP contribution >= 0.6 is 12.6 Å². The van der Waals surface area contributed by atoms with Crippen LogP contribution < -0.4 is 20.3 Å². The first-order chi connectivity index (χ1) is 13.6. The van der Waals surface area contributed by atoms with E-state index in [2.05, 4.69) is 35.5 Å². The molecule has 6 nitrogen and oxygen atoms in total. The minimum atomic E-state index is -0.247. The molecule has 3 rings (SSSR count). The van der Waals surface area contributed by atoms with Crippen LogP contribution in [0.3, 0.4) is 0 Å². The summed E-state index contributed by atoms with van der Waals surface area (Å²) in [4.78, 5) is 0. The molecule has 2 atom stereocenters. The number of nitrogens with one attached hydrogen (secondary N) is 2. The summed E-state index contributed by atoms with van der Waals surface area (Å²) in [6, 6.07) is 15.9. The van der Waals surface area contributed by atoms with Crippen molar-refractivity contribution in [2.24, 2.45) is 5.10 Å². The maximum atomic E-state index is 5.81. The topological polar surface area (TPSA) is 58.1 Å². The molecule has 0 bridgehead atoms. The van der Waals surface area contributed by atoms with Crippen molar-refractivity contribution in [2.75, 3.05) is 6.61 Å². The van der Waals surface area contributed by atoms with Gasteiger partial charge in [-0.3, -0.25) is 0 Å². The highest BCUT2D eigenvalue weighted by Gasteiger charge is 2.30. The molecule has 0 radical (unpaired) electrons. The highest BCUT2D eigenvalue weighted by molar-refractivity contribution is 7.80. The van der Waals surface area contributed by atoms with Gasteiger partial charge in [-0.25, -0.2) is 15.9 Å². The lowest BCUT2D eigenvalue weighted by Gasteiger charge is -2.23. The summed E-state index contributed by atoms with van der Waals surface area (Å²) in [5.41, 5.74) is 8.13. The van der Waals surface area contributed by atoms with Gasteiger partial charge in [-0.2, -0.15) is 5.10 Å². The largest absolute Gasteiger partial charge is 0.494 e. The molecule has 7 heteroatoms. The lowest BCUT2D eigenvalue weighted by atomic mass is 10.1. The second kappa shape index (κ2) is 9.82. The first-order valence-corrected chi connectivity index (χ1v) is 10.1. The van der Waals surface area contributed by atoms with Gasteiger partial charge in [0.2, 0.25) is 0 Å². The van der Waals surface area contributed by atoms with E-state index in [-0.39, 0.29) is 17.8 Å². The van der Waals surface area contributed by atoms with Crippen molar-refractivity contribution in [3.8, 4) is 11.5 Å². The first-order valence-electron chi connectivity index (χ1n) is 9.57. The zero-order chi connectivity index (χ0) is 19.9. The molecule has 2 aromatic carbocycles. The van der Waals surface area contributed by atoms with E-state index in [1.807, 2.05) is 73.6 Å². The number of ether oxygens (including phenoxy) is 2. The van der Waals surface area contributed by atoms with Gasteiger partial charge in [0.05, 0.1) is 18.9 Å². The number of hydrazone groups is 1. The maximum Gasteiger partial charge on any atom is 0.156 e. The van der Waals surface area contributed by atoms with E-state index in [4.69, 9.17) is 9.47 Å². The van der Waals surface area contributed by atoms with Crippen molar-refractivity contribution in [2.45, 2.75) is 45.0 Å². The molecule has 0 aliphatic carbocycles. The third-order valence-electron chi connectivity index (χ3n) is 4.10. The first kappa shape index (κ1) is 20.5. The van der Waals surface area contributed by atoms with Crippen LogP contribution in [0.25, 0.3) is 0 Å². The van der Waals surface area contributed by atoms with E-state index in [0.29, 0.717) is 0 Å². The number of nitrogens with zero attached hydrogens (tertiary/aromatic N) is 2. The van der Waals surface area contributed by atoms with Crippen LogP contribution in [0.1, 0.15) is 44.5 Å². The molecule has 0 amide bonds. The van der Waals surface area contributed by atoms with Gasteiger partial charge in [-0.15, -0.1) is 12.6 Å². The van der Waals surface area contributed by atoms with Crippen molar-refractivity contribution >= 4 is 18.8 Å². The quantitative estimate of drug-likeness (QED) is 0.463. The molecular formula is C21H28N4O2S. The summed E-state index contributed by atoms with van der Waals surface area (Å²) in [5, 5.41) is 6.51. The van der Waals surface area contributed by atoms with Gasteiger partial charge < -0.3 is 9.47 Å². The third kappa shape index (κ3) is 5.41. The Morgan fingerprint density at radius 1 is 1.14 bits per heavy atom. The summed E-state index contributed by atoms with van der Waals surface area (Å²) >= 11 is 4.57. The lowest BCUT2D eigenvalue weighted by molar-refractivity contribution is 0.234. The number of rotatable bonds is 8. The van der Waals surface area contributed by atoms with Crippen LogP contribution in [0.5, 0.6) is 11.5 Å². The van der Waals surface area contributed by atoms with Crippen LogP contribution in [-0.2, 0) is 0 Å². The van der Waals surface area contributed by atoms with Gasteiger partial charge in [0.1, 0.15) is 17.7 Å². The standard InChI is InChI=1S/C21H28N4O2S/c1-4-12-26-18-10-8-16(9-11-18)14-22-25-20(23-24-21(25)28)17-6-5-7-19(13-17)27-15(2)3/h5-11,13-15,20-21,23-24,28H,4,12H2,1-3H3/b22-14-/t20-,21-/m0/s1. The van der Waals surface area contributed by atoms with Gasteiger partial charge in [-0.05, 0) is 67.8 Å². The van der Waals surface area contributed by atoms with E-state index in [9.17, 15) is 0 Å². The molecule has 0 saturated carbocycles. The fourth-order valence-electron chi connectivity index (χ4n) is 2.83. The molecule has 1 heterocycles. The molecule has 1 fully saturated rings. The number of hydrogen-bond acceptors (Lipinski definition) is 7. The highest BCUT2D eigenvalue weighted by atomic mass is 32.1. The second-order valence-electron chi connectivity index (χ2n) is 6.85. The van der Waals surface area contributed by atoms with Crippen molar-refractivity contribution in [3.63, 3.8) is 0 Å². The Bertz CT molecular complexity index is 782. The minimum absolute atomic E-state index is 0.126. The zero-order valence-corrected chi connectivity index (χ0v) is 17.4. The van der Waals surface area contributed by atoms with Crippen LogP contribution in [-0.4, -0.2) is 29.4 Å². The predicted octanol–water partition coefficient (Wildman–Crippen LogP) is 3.92.